The van der Waals surface area contributed by atoms with E-state index in [9.17, 15) is 5.11 Å². The molecule has 0 amide bonds. The Bertz CT molecular complexity index is 240. The Kier molecular flexibility index (Phi) is 3.58. The van der Waals surface area contributed by atoms with Gasteiger partial charge in [0.1, 0.15) is 0 Å². The van der Waals surface area contributed by atoms with Gasteiger partial charge in [0.05, 0.1) is 5.60 Å². The lowest BCUT2D eigenvalue weighted by Gasteiger charge is -2.51. The molecule has 2 fully saturated rings. The molecule has 1 saturated heterocycles. The van der Waals surface area contributed by atoms with Gasteiger partial charge in [0, 0.05) is 11.3 Å². The van der Waals surface area contributed by atoms with E-state index in [0.29, 0.717) is 11.8 Å². The predicted octanol–water partition coefficient (Wildman–Crippen LogP) is 2.40. The van der Waals surface area contributed by atoms with Gasteiger partial charge < -0.3 is 10.8 Å². The van der Waals surface area contributed by atoms with Gasteiger partial charge in [-0.3, -0.25) is 0 Å². The molecule has 3 unspecified atom stereocenters. The van der Waals surface area contributed by atoms with Crippen molar-refractivity contribution in [1.82, 2.24) is 0 Å². The van der Waals surface area contributed by atoms with E-state index in [-0.39, 0.29) is 5.54 Å². The Labute approximate surface area is 103 Å². The fourth-order valence-electron chi connectivity index (χ4n) is 3.73. The molecule has 0 spiro atoms. The summed E-state index contributed by atoms with van der Waals surface area (Å²) in [6.45, 7) is 4.55. The van der Waals surface area contributed by atoms with E-state index in [1.165, 1.54) is 12.2 Å². The normalized spacial score (nSPS) is 50.2. The lowest BCUT2D eigenvalue weighted by Crippen LogP contribution is -2.65. The number of nitrogens with two attached hydrogens (primary N) is 1. The maximum absolute atomic E-state index is 10.8. The first-order valence-corrected chi connectivity index (χ1v) is 7.70. The smallest absolute Gasteiger partial charge is 0.0916 e. The van der Waals surface area contributed by atoms with Crippen molar-refractivity contribution in [3.63, 3.8) is 0 Å². The van der Waals surface area contributed by atoms with Crippen LogP contribution in [0.5, 0.6) is 0 Å². The van der Waals surface area contributed by atoms with Crippen LogP contribution in [0.4, 0.5) is 0 Å². The Hall–Kier alpha value is 0.270. The van der Waals surface area contributed by atoms with Crippen molar-refractivity contribution in [2.45, 2.75) is 57.1 Å². The Morgan fingerprint density at radius 2 is 1.88 bits per heavy atom. The highest BCUT2D eigenvalue weighted by Gasteiger charge is 2.50. The van der Waals surface area contributed by atoms with Crippen LogP contribution in [0.1, 0.15) is 46.0 Å². The van der Waals surface area contributed by atoms with Crippen molar-refractivity contribution in [2.24, 2.45) is 17.6 Å². The molecule has 1 aliphatic heterocycles. The largest absolute Gasteiger partial charge is 0.387 e. The Balaban J connectivity index is 2.15. The minimum absolute atomic E-state index is 0.336. The average Bonchev–Trinajstić information content (AvgIpc) is 2.16. The summed E-state index contributed by atoms with van der Waals surface area (Å²) in [5.74, 6) is 3.33. The van der Waals surface area contributed by atoms with E-state index in [1.54, 1.807) is 0 Å². The lowest BCUT2D eigenvalue weighted by molar-refractivity contribution is -0.0576. The first kappa shape index (κ1) is 12.7. The second-order valence-electron chi connectivity index (χ2n) is 6.20. The molecule has 94 valence electrons. The second kappa shape index (κ2) is 4.51. The van der Waals surface area contributed by atoms with Crippen molar-refractivity contribution in [1.29, 1.82) is 0 Å². The molecular weight excluding hydrogens is 218 g/mol. The SMILES string of the molecule is CC1CC(C)CC(N)(C2(O)CCCSC2)C1. The standard InChI is InChI=1S/C13H25NOS/c1-10-6-11(2)8-12(14,7-10)13(15)4-3-5-16-9-13/h10-11,15H,3-9,14H2,1-2H3. The Morgan fingerprint density at radius 3 is 2.38 bits per heavy atom. The van der Waals surface area contributed by atoms with Crippen LogP contribution in [-0.2, 0) is 0 Å². The van der Waals surface area contributed by atoms with Crippen molar-refractivity contribution < 1.29 is 5.11 Å². The summed E-state index contributed by atoms with van der Waals surface area (Å²) in [4.78, 5) is 0. The summed E-state index contributed by atoms with van der Waals surface area (Å²) in [5.41, 5.74) is 5.64. The van der Waals surface area contributed by atoms with Crippen LogP contribution in [0.25, 0.3) is 0 Å². The summed E-state index contributed by atoms with van der Waals surface area (Å²) >= 11 is 1.87. The zero-order valence-corrected chi connectivity index (χ0v) is 11.4. The number of rotatable bonds is 1. The molecule has 3 N–H and O–H groups in total. The van der Waals surface area contributed by atoms with Crippen LogP contribution in [-0.4, -0.2) is 27.8 Å². The van der Waals surface area contributed by atoms with E-state index in [2.05, 4.69) is 13.8 Å². The zero-order valence-electron chi connectivity index (χ0n) is 10.5. The molecule has 0 radical (unpaired) electrons. The quantitative estimate of drug-likeness (QED) is 0.743. The van der Waals surface area contributed by atoms with E-state index in [4.69, 9.17) is 5.73 Å². The summed E-state index contributed by atoms with van der Waals surface area (Å²) in [5, 5.41) is 10.8. The topological polar surface area (TPSA) is 46.2 Å². The highest BCUT2D eigenvalue weighted by atomic mass is 32.2. The van der Waals surface area contributed by atoms with Gasteiger partial charge >= 0.3 is 0 Å². The van der Waals surface area contributed by atoms with E-state index < -0.39 is 5.60 Å². The summed E-state index contributed by atoms with van der Waals surface area (Å²) in [7, 11) is 0. The third-order valence-electron chi connectivity index (χ3n) is 4.38. The van der Waals surface area contributed by atoms with Crippen LogP contribution < -0.4 is 5.73 Å². The minimum atomic E-state index is -0.612. The highest BCUT2D eigenvalue weighted by Crippen LogP contribution is 2.45. The van der Waals surface area contributed by atoms with Gasteiger partial charge in [-0.1, -0.05) is 13.8 Å². The molecule has 0 aromatic carbocycles. The van der Waals surface area contributed by atoms with Gasteiger partial charge in [0.25, 0.3) is 0 Å². The molecule has 3 atom stereocenters. The van der Waals surface area contributed by atoms with Crippen molar-refractivity contribution in [2.75, 3.05) is 11.5 Å². The van der Waals surface area contributed by atoms with Gasteiger partial charge in [-0.15, -0.1) is 0 Å². The van der Waals surface area contributed by atoms with Gasteiger partial charge in [0.2, 0.25) is 0 Å². The van der Waals surface area contributed by atoms with Gasteiger partial charge in [0.15, 0.2) is 0 Å². The molecule has 3 heteroatoms. The minimum Gasteiger partial charge on any atom is -0.387 e. The van der Waals surface area contributed by atoms with Gasteiger partial charge in [-0.05, 0) is 49.7 Å². The molecule has 2 rings (SSSR count). The molecule has 2 nitrogen and oxygen atoms in total. The fourth-order valence-corrected chi connectivity index (χ4v) is 5.00. The lowest BCUT2D eigenvalue weighted by atomic mass is 9.63. The average molecular weight is 243 g/mol. The molecule has 1 saturated carbocycles. The van der Waals surface area contributed by atoms with Crippen LogP contribution in [0.2, 0.25) is 0 Å². The van der Waals surface area contributed by atoms with E-state index in [0.717, 1.165) is 31.4 Å². The molecule has 16 heavy (non-hydrogen) atoms. The molecule has 2 aliphatic rings. The second-order valence-corrected chi connectivity index (χ2v) is 7.30. The van der Waals surface area contributed by atoms with Crippen LogP contribution in [0.15, 0.2) is 0 Å². The first-order chi connectivity index (χ1) is 7.45. The van der Waals surface area contributed by atoms with Crippen molar-refractivity contribution in [3.05, 3.63) is 0 Å². The number of hydrogen-bond acceptors (Lipinski definition) is 3. The van der Waals surface area contributed by atoms with Crippen LogP contribution in [0, 0.1) is 11.8 Å². The molecule has 1 aliphatic carbocycles. The van der Waals surface area contributed by atoms with Crippen LogP contribution >= 0.6 is 11.8 Å². The summed E-state index contributed by atoms with van der Waals surface area (Å²) in [6, 6.07) is 0. The monoisotopic (exact) mass is 243 g/mol. The number of hydrogen-bond donors (Lipinski definition) is 2. The molecular formula is C13H25NOS. The maximum atomic E-state index is 10.8. The Morgan fingerprint density at radius 1 is 1.25 bits per heavy atom. The zero-order chi connectivity index (χ0) is 11.8. The number of aliphatic hydroxyl groups is 1. The predicted molar refractivity (Wildman–Crippen MR) is 70.6 cm³/mol. The molecule has 0 bridgehead atoms. The fraction of sp³-hybridized carbons (Fsp3) is 1.00. The van der Waals surface area contributed by atoms with E-state index in [1.807, 2.05) is 11.8 Å². The van der Waals surface area contributed by atoms with Crippen molar-refractivity contribution in [3.8, 4) is 0 Å². The van der Waals surface area contributed by atoms with Gasteiger partial charge in [-0.2, -0.15) is 11.8 Å². The first-order valence-electron chi connectivity index (χ1n) is 6.54. The summed E-state index contributed by atoms with van der Waals surface area (Å²) in [6.07, 6.45) is 5.27. The van der Waals surface area contributed by atoms with Crippen molar-refractivity contribution >= 4 is 11.8 Å². The molecule has 0 aromatic heterocycles. The van der Waals surface area contributed by atoms with Crippen LogP contribution in [0.3, 0.4) is 0 Å². The number of thioether (sulfide) groups is 1. The maximum Gasteiger partial charge on any atom is 0.0916 e. The molecule has 0 aromatic rings. The van der Waals surface area contributed by atoms with Gasteiger partial charge in [-0.25, -0.2) is 0 Å². The highest BCUT2D eigenvalue weighted by molar-refractivity contribution is 7.99. The third-order valence-corrected chi connectivity index (χ3v) is 5.64. The summed E-state index contributed by atoms with van der Waals surface area (Å²) < 4.78 is 0. The van der Waals surface area contributed by atoms with E-state index >= 15 is 0 Å². The third kappa shape index (κ3) is 2.27. The molecule has 1 heterocycles.